The summed E-state index contributed by atoms with van der Waals surface area (Å²) in [5, 5.41) is 8.96. The van der Waals surface area contributed by atoms with Crippen molar-refractivity contribution in [1.29, 1.82) is 5.26 Å². The van der Waals surface area contributed by atoms with Crippen LogP contribution in [0.3, 0.4) is 0 Å². The number of nitrogens with zero attached hydrogens (tertiary/aromatic N) is 1. The van der Waals surface area contributed by atoms with Gasteiger partial charge in [0.05, 0.1) is 10.5 Å². The van der Waals surface area contributed by atoms with Gasteiger partial charge in [0.15, 0.2) is 0 Å². The molecule has 0 heterocycles. The van der Waals surface area contributed by atoms with Crippen molar-refractivity contribution in [1.82, 2.24) is 4.72 Å². The van der Waals surface area contributed by atoms with Crippen molar-refractivity contribution in [3.05, 3.63) is 28.2 Å². The van der Waals surface area contributed by atoms with E-state index >= 15 is 0 Å². The van der Waals surface area contributed by atoms with Crippen LogP contribution in [0.15, 0.2) is 27.6 Å². The highest BCUT2D eigenvalue weighted by molar-refractivity contribution is 9.10. The zero-order chi connectivity index (χ0) is 17.2. The van der Waals surface area contributed by atoms with Gasteiger partial charge in [0.25, 0.3) is 10.0 Å². The zero-order valence-corrected chi connectivity index (χ0v) is 14.8. The smallest absolute Gasteiger partial charge is 0.264 e. The van der Waals surface area contributed by atoms with Gasteiger partial charge in [0, 0.05) is 23.2 Å². The van der Waals surface area contributed by atoms with Crippen LogP contribution in [0.1, 0.15) is 31.7 Å². The number of amides is 1. The third-order valence-electron chi connectivity index (χ3n) is 3.91. The number of ketones is 1. The minimum Gasteiger partial charge on any atom is -0.300 e. The monoisotopic (exact) mass is 398 g/mol. The molecule has 2 rings (SSSR count). The van der Waals surface area contributed by atoms with Gasteiger partial charge in [0.2, 0.25) is 5.91 Å². The molecule has 1 aliphatic rings. The Morgan fingerprint density at radius 2 is 2.13 bits per heavy atom. The molecule has 0 spiro atoms. The number of carbonyl (C=O) groups is 2. The number of sulfonamides is 1. The molecule has 0 bridgehead atoms. The fourth-order valence-electron chi connectivity index (χ4n) is 2.62. The number of carbonyl (C=O) groups excluding carboxylic acids is 2. The molecule has 0 unspecified atom stereocenters. The van der Waals surface area contributed by atoms with E-state index in [4.69, 9.17) is 5.26 Å². The van der Waals surface area contributed by atoms with Crippen LogP contribution in [0.4, 0.5) is 0 Å². The minimum absolute atomic E-state index is 0.0935. The van der Waals surface area contributed by atoms with Crippen molar-refractivity contribution in [2.75, 3.05) is 0 Å². The molecule has 8 heteroatoms. The molecule has 1 amide bonds. The molecule has 0 aliphatic heterocycles. The standard InChI is InChI=1S/C15H15BrN2O4S/c1-9-6-11(19)2-4-13(9)15(20)18-23(21,22)12-3-5-14(16)10(7-12)8-17/h3,5,7,9,13H,2,4,6H2,1H3,(H,18,20)/t9-,13-/m1/s1. The summed E-state index contributed by atoms with van der Waals surface area (Å²) >= 11 is 3.15. The number of hydrogen-bond acceptors (Lipinski definition) is 5. The highest BCUT2D eigenvalue weighted by Gasteiger charge is 2.33. The molecular weight excluding hydrogens is 384 g/mol. The van der Waals surface area contributed by atoms with E-state index < -0.39 is 21.8 Å². The van der Waals surface area contributed by atoms with Crippen molar-refractivity contribution in [3.8, 4) is 6.07 Å². The molecule has 0 saturated heterocycles. The van der Waals surface area contributed by atoms with Crippen LogP contribution in [0.2, 0.25) is 0 Å². The van der Waals surface area contributed by atoms with E-state index in [0.717, 1.165) is 0 Å². The average molecular weight is 399 g/mol. The molecule has 1 aromatic carbocycles. The Morgan fingerprint density at radius 1 is 1.43 bits per heavy atom. The summed E-state index contributed by atoms with van der Waals surface area (Å²) in [6.45, 7) is 1.77. The Hall–Kier alpha value is -1.72. The van der Waals surface area contributed by atoms with Crippen LogP contribution in [0, 0.1) is 23.2 Å². The summed E-state index contributed by atoms with van der Waals surface area (Å²) in [6.07, 6.45) is 0.930. The summed E-state index contributed by atoms with van der Waals surface area (Å²) in [7, 11) is -4.05. The molecular formula is C15H15BrN2O4S. The van der Waals surface area contributed by atoms with Gasteiger partial charge >= 0.3 is 0 Å². The molecule has 1 aromatic rings. The van der Waals surface area contributed by atoms with Gasteiger partial charge in [-0.05, 0) is 46.5 Å². The molecule has 1 fully saturated rings. The Morgan fingerprint density at radius 3 is 2.74 bits per heavy atom. The highest BCUT2D eigenvalue weighted by atomic mass is 79.9. The first-order chi connectivity index (χ1) is 10.7. The molecule has 1 aliphatic carbocycles. The molecule has 6 nitrogen and oxygen atoms in total. The van der Waals surface area contributed by atoms with Crippen molar-refractivity contribution in [2.24, 2.45) is 11.8 Å². The SMILES string of the molecule is C[C@@H]1CC(=O)CC[C@H]1C(=O)NS(=O)(=O)c1ccc(Br)c(C#N)c1. The third-order valence-corrected chi connectivity index (χ3v) is 5.95. The van der Waals surface area contributed by atoms with Crippen LogP contribution in [-0.2, 0) is 19.6 Å². The van der Waals surface area contributed by atoms with E-state index in [1.165, 1.54) is 18.2 Å². The first-order valence-corrected chi connectivity index (χ1v) is 9.30. The van der Waals surface area contributed by atoms with Crippen LogP contribution in [-0.4, -0.2) is 20.1 Å². The van der Waals surface area contributed by atoms with E-state index in [1.54, 1.807) is 6.92 Å². The largest absolute Gasteiger partial charge is 0.300 e. The fourth-order valence-corrected chi connectivity index (χ4v) is 4.01. The number of halogens is 1. The first kappa shape index (κ1) is 17.6. The summed E-state index contributed by atoms with van der Waals surface area (Å²) < 4.78 is 27.2. The van der Waals surface area contributed by atoms with Crippen molar-refractivity contribution in [2.45, 2.75) is 31.1 Å². The van der Waals surface area contributed by atoms with E-state index in [-0.39, 0.29) is 28.6 Å². The van der Waals surface area contributed by atoms with Crippen LogP contribution in [0.5, 0.6) is 0 Å². The molecule has 1 saturated carbocycles. The van der Waals surface area contributed by atoms with Gasteiger partial charge < -0.3 is 0 Å². The quantitative estimate of drug-likeness (QED) is 0.839. The predicted molar refractivity (Wildman–Crippen MR) is 85.7 cm³/mol. The molecule has 0 radical (unpaired) electrons. The normalized spacial score (nSPS) is 21.5. The van der Waals surface area contributed by atoms with Crippen LogP contribution >= 0.6 is 15.9 Å². The first-order valence-electron chi connectivity index (χ1n) is 7.02. The Balaban J connectivity index is 2.20. The minimum atomic E-state index is -4.05. The van der Waals surface area contributed by atoms with Gasteiger partial charge in [0.1, 0.15) is 11.9 Å². The summed E-state index contributed by atoms with van der Waals surface area (Å²) in [4.78, 5) is 23.5. The van der Waals surface area contributed by atoms with Gasteiger partial charge in [-0.1, -0.05) is 6.92 Å². The maximum Gasteiger partial charge on any atom is 0.264 e. The van der Waals surface area contributed by atoms with Crippen molar-refractivity contribution >= 4 is 37.6 Å². The number of Topliss-reactive ketones (excluding diaryl/α,β-unsaturated/α-hetero) is 1. The number of benzene rings is 1. The molecule has 1 N–H and O–H groups in total. The molecule has 122 valence electrons. The Bertz CT molecular complexity index is 798. The number of rotatable bonds is 3. The second kappa shape index (κ2) is 6.81. The van der Waals surface area contributed by atoms with Crippen molar-refractivity contribution < 1.29 is 18.0 Å². The zero-order valence-electron chi connectivity index (χ0n) is 12.4. The van der Waals surface area contributed by atoms with Crippen LogP contribution < -0.4 is 4.72 Å². The maximum absolute atomic E-state index is 12.3. The lowest BCUT2D eigenvalue weighted by molar-refractivity contribution is -0.129. The molecule has 2 atom stereocenters. The lowest BCUT2D eigenvalue weighted by Crippen LogP contribution is -2.40. The van der Waals surface area contributed by atoms with E-state index in [1.807, 2.05) is 6.07 Å². The van der Waals surface area contributed by atoms with Crippen LogP contribution in [0.25, 0.3) is 0 Å². The fraction of sp³-hybridized carbons (Fsp3) is 0.400. The second-order valence-electron chi connectivity index (χ2n) is 5.59. The van der Waals surface area contributed by atoms with Crippen molar-refractivity contribution in [3.63, 3.8) is 0 Å². The Labute approximate surface area is 143 Å². The lowest BCUT2D eigenvalue weighted by Gasteiger charge is -2.26. The molecule has 23 heavy (non-hydrogen) atoms. The second-order valence-corrected chi connectivity index (χ2v) is 8.13. The number of hydrogen-bond donors (Lipinski definition) is 1. The average Bonchev–Trinajstić information content (AvgIpc) is 2.46. The molecule has 0 aromatic heterocycles. The maximum atomic E-state index is 12.3. The lowest BCUT2D eigenvalue weighted by atomic mass is 9.79. The van der Waals surface area contributed by atoms with Gasteiger partial charge in [-0.3, -0.25) is 9.59 Å². The van der Waals surface area contributed by atoms with E-state index in [2.05, 4.69) is 20.7 Å². The van der Waals surface area contributed by atoms with Gasteiger partial charge in [-0.25, -0.2) is 13.1 Å². The van der Waals surface area contributed by atoms with E-state index in [0.29, 0.717) is 17.3 Å². The number of nitrogens with one attached hydrogen (secondary N) is 1. The predicted octanol–water partition coefficient (Wildman–Crippen LogP) is 2.13. The van der Waals surface area contributed by atoms with Gasteiger partial charge in [-0.15, -0.1) is 0 Å². The third kappa shape index (κ3) is 3.98. The van der Waals surface area contributed by atoms with E-state index in [9.17, 15) is 18.0 Å². The topological polar surface area (TPSA) is 104 Å². The summed E-state index contributed by atoms with van der Waals surface area (Å²) in [5.41, 5.74) is 0.164. The summed E-state index contributed by atoms with van der Waals surface area (Å²) in [5.74, 6) is -1.21. The number of nitriles is 1. The van der Waals surface area contributed by atoms with Gasteiger partial charge in [-0.2, -0.15) is 5.26 Å². The Kier molecular flexibility index (Phi) is 5.22. The highest BCUT2D eigenvalue weighted by Crippen LogP contribution is 2.28. The summed E-state index contributed by atoms with van der Waals surface area (Å²) in [6, 6.07) is 5.83.